The summed E-state index contributed by atoms with van der Waals surface area (Å²) in [5, 5.41) is 0. The molecule has 2 atom stereocenters. The summed E-state index contributed by atoms with van der Waals surface area (Å²) < 4.78 is 0. The van der Waals surface area contributed by atoms with Gasteiger partial charge in [0.05, 0.1) is 23.4 Å². The number of aromatic nitrogens is 4. The van der Waals surface area contributed by atoms with E-state index in [1.807, 2.05) is 19.2 Å². The molecule has 2 aromatic heterocycles. The standard InChI is InChI=1S/C20H24N8/c1-12(14-5-6-15-17(9-14)23-11-22-15)28(2)20-21-8-7-18(25-20)24-19-10-16(26-27-19)13-3-4-13/h5-9,11-13,16,26H,3-4,10H2,1-2H3,(H,22,23)(H,21,24,25,27). The zero-order valence-corrected chi connectivity index (χ0v) is 16.1. The molecule has 1 saturated carbocycles. The third-order valence-corrected chi connectivity index (χ3v) is 5.71. The number of benzene rings is 1. The van der Waals surface area contributed by atoms with Crippen LogP contribution in [0.15, 0.2) is 41.8 Å². The first-order valence-electron chi connectivity index (χ1n) is 9.75. The zero-order valence-electron chi connectivity index (χ0n) is 16.1. The predicted molar refractivity (Wildman–Crippen MR) is 109 cm³/mol. The Morgan fingerprint density at radius 1 is 1.21 bits per heavy atom. The second-order valence-electron chi connectivity index (χ2n) is 7.66. The van der Waals surface area contributed by atoms with Crippen molar-refractivity contribution >= 4 is 28.6 Å². The lowest BCUT2D eigenvalue weighted by Crippen LogP contribution is -2.32. The van der Waals surface area contributed by atoms with Crippen LogP contribution in [0.2, 0.25) is 0 Å². The normalized spacial score (nSPS) is 21.8. The molecule has 3 aromatic rings. The fourth-order valence-corrected chi connectivity index (χ4v) is 3.66. The van der Waals surface area contributed by atoms with Crippen molar-refractivity contribution in [2.75, 3.05) is 11.9 Å². The van der Waals surface area contributed by atoms with Gasteiger partial charge in [-0.1, -0.05) is 6.07 Å². The Labute approximate surface area is 163 Å². The number of H-pyrrole nitrogens is 1. The summed E-state index contributed by atoms with van der Waals surface area (Å²) in [5.41, 5.74) is 9.71. The summed E-state index contributed by atoms with van der Waals surface area (Å²) in [7, 11) is 2.01. The average Bonchev–Trinajstić information content (AvgIpc) is 3.28. The highest BCUT2D eigenvalue weighted by atomic mass is 15.4. The number of amidine groups is 1. The number of rotatable bonds is 5. The molecule has 2 fully saturated rings. The van der Waals surface area contributed by atoms with Crippen LogP contribution < -0.4 is 15.8 Å². The molecule has 28 heavy (non-hydrogen) atoms. The maximum atomic E-state index is 4.68. The van der Waals surface area contributed by atoms with Gasteiger partial charge in [0, 0.05) is 31.8 Å². The Bertz CT molecular complexity index is 1020. The SMILES string of the molecule is CC(c1ccc2nc[nH]c2c1)N(C)c1nccc(N=C2CC(C3CC3)NN2)n1. The molecule has 0 spiro atoms. The van der Waals surface area contributed by atoms with Gasteiger partial charge in [-0.15, -0.1) is 0 Å². The van der Waals surface area contributed by atoms with Gasteiger partial charge in [0.15, 0.2) is 5.82 Å². The van der Waals surface area contributed by atoms with Crippen molar-refractivity contribution in [3.8, 4) is 0 Å². The maximum Gasteiger partial charge on any atom is 0.227 e. The van der Waals surface area contributed by atoms with Crippen LogP contribution in [0.4, 0.5) is 11.8 Å². The molecule has 0 radical (unpaired) electrons. The second-order valence-corrected chi connectivity index (χ2v) is 7.66. The first kappa shape index (κ1) is 17.1. The molecule has 1 saturated heterocycles. The van der Waals surface area contributed by atoms with Gasteiger partial charge in [-0.05, 0) is 43.4 Å². The van der Waals surface area contributed by atoms with Gasteiger partial charge in [0.1, 0.15) is 5.84 Å². The average molecular weight is 376 g/mol. The molecule has 1 aliphatic heterocycles. The minimum absolute atomic E-state index is 0.112. The van der Waals surface area contributed by atoms with Crippen LogP contribution in [-0.2, 0) is 0 Å². The molecule has 3 N–H and O–H groups in total. The van der Waals surface area contributed by atoms with Crippen LogP contribution in [-0.4, -0.2) is 38.9 Å². The van der Waals surface area contributed by atoms with E-state index in [0.717, 1.165) is 29.2 Å². The smallest absolute Gasteiger partial charge is 0.227 e. The molecular weight excluding hydrogens is 352 g/mol. The van der Waals surface area contributed by atoms with Crippen LogP contribution >= 0.6 is 0 Å². The van der Waals surface area contributed by atoms with Crippen molar-refractivity contribution in [3.05, 3.63) is 42.4 Å². The molecule has 1 aliphatic carbocycles. The van der Waals surface area contributed by atoms with Crippen molar-refractivity contribution in [2.45, 2.75) is 38.3 Å². The number of aromatic amines is 1. The van der Waals surface area contributed by atoms with Crippen molar-refractivity contribution < 1.29 is 0 Å². The Morgan fingerprint density at radius 2 is 2.11 bits per heavy atom. The largest absolute Gasteiger partial charge is 0.345 e. The Kier molecular flexibility index (Phi) is 4.20. The number of hydrazine groups is 1. The highest BCUT2D eigenvalue weighted by molar-refractivity contribution is 5.86. The van der Waals surface area contributed by atoms with Crippen LogP contribution in [0.25, 0.3) is 11.0 Å². The van der Waals surface area contributed by atoms with Gasteiger partial charge in [-0.25, -0.2) is 20.4 Å². The van der Waals surface area contributed by atoms with E-state index in [0.29, 0.717) is 17.8 Å². The number of anilines is 1. The molecule has 8 nitrogen and oxygen atoms in total. The molecule has 144 valence electrons. The number of nitrogens with one attached hydrogen (secondary N) is 3. The minimum atomic E-state index is 0.112. The molecule has 0 amide bonds. The highest BCUT2D eigenvalue weighted by Crippen LogP contribution is 2.35. The van der Waals surface area contributed by atoms with Gasteiger partial charge in [-0.2, -0.15) is 4.98 Å². The van der Waals surface area contributed by atoms with Crippen molar-refractivity contribution in [3.63, 3.8) is 0 Å². The Balaban J connectivity index is 1.34. The van der Waals surface area contributed by atoms with Gasteiger partial charge in [0.2, 0.25) is 5.95 Å². The van der Waals surface area contributed by atoms with Gasteiger partial charge in [-0.3, -0.25) is 0 Å². The lowest BCUT2D eigenvalue weighted by Gasteiger charge is -2.25. The quantitative estimate of drug-likeness (QED) is 0.634. The molecule has 8 heteroatoms. The van der Waals surface area contributed by atoms with E-state index in [1.165, 1.54) is 18.4 Å². The monoisotopic (exact) mass is 376 g/mol. The van der Waals surface area contributed by atoms with Crippen LogP contribution in [0, 0.1) is 5.92 Å². The molecule has 2 aliphatic rings. The summed E-state index contributed by atoms with van der Waals surface area (Å²) in [6.45, 7) is 2.14. The summed E-state index contributed by atoms with van der Waals surface area (Å²) >= 11 is 0. The lowest BCUT2D eigenvalue weighted by atomic mass is 10.1. The van der Waals surface area contributed by atoms with Crippen molar-refractivity contribution in [1.29, 1.82) is 0 Å². The molecule has 1 aromatic carbocycles. The van der Waals surface area contributed by atoms with E-state index in [2.05, 4.69) is 59.7 Å². The molecule has 3 heterocycles. The van der Waals surface area contributed by atoms with Gasteiger partial charge < -0.3 is 15.3 Å². The molecule has 0 bridgehead atoms. The van der Waals surface area contributed by atoms with E-state index in [9.17, 15) is 0 Å². The van der Waals surface area contributed by atoms with Crippen molar-refractivity contribution in [2.24, 2.45) is 10.9 Å². The number of imidazole rings is 1. The Hall–Kier alpha value is -3.00. The maximum absolute atomic E-state index is 4.68. The molecule has 2 unspecified atom stereocenters. The van der Waals surface area contributed by atoms with E-state index in [1.54, 1.807) is 12.5 Å². The first-order valence-corrected chi connectivity index (χ1v) is 9.75. The van der Waals surface area contributed by atoms with E-state index in [4.69, 9.17) is 0 Å². The fraction of sp³-hybridized carbons (Fsp3) is 0.400. The zero-order chi connectivity index (χ0) is 19.1. The molecule has 5 rings (SSSR count). The van der Waals surface area contributed by atoms with E-state index < -0.39 is 0 Å². The third kappa shape index (κ3) is 3.31. The second kappa shape index (κ2) is 6.87. The summed E-state index contributed by atoms with van der Waals surface area (Å²) in [6.07, 6.45) is 7.05. The number of aliphatic imine (C=N–C) groups is 1. The highest BCUT2D eigenvalue weighted by Gasteiger charge is 2.35. The van der Waals surface area contributed by atoms with Gasteiger partial charge >= 0.3 is 0 Å². The summed E-state index contributed by atoms with van der Waals surface area (Å²) in [4.78, 5) is 23.3. The number of fused-ring (bicyclic) bond motifs is 1. The van der Waals surface area contributed by atoms with E-state index >= 15 is 0 Å². The number of hydrogen-bond acceptors (Lipinski definition) is 6. The van der Waals surface area contributed by atoms with E-state index in [-0.39, 0.29) is 6.04 Å². The van der Waals surface area contributed by atoms with Gasteiger partial charge in [0.25, 0.3) is 0 Å². The minimum Gasteiger partial charge on any atom is -0.345 e. The van der Waals surface area contributed by atoms with Crippen molar-refractivity contribution in [1.82, 2.24) is 30.8 Å². The number of hydrogen-bond donors (Lipinski definition) is 3. The third-order valence-electron chi connectivity index (χ3n) is 5.71. The summed E-state index contributed by atoms with van der Waals surface area (Å²) in [6, 6.07) is 8.71. The van der Waals surface area contributed by atoms with Crippen LogP contribution in [0.1, 0.15) is 37.8 Å². The predicted octanol–water partition coefficient (Wildman–Crippen LogP) is 2.86. The topological polar surface area (TPSA) is 94.1 Å². The van der Waals surface area contributed by atoms with Crippen LogP contribution in [0.5, 0.6) is 0 Å². The first-order chi connectivity index (χ1) is 13.7. The Morgan fingerprint density at radius 3 is 2.96 bits per heavy atom. The fourth-order valence-electron chi connectivity index (χ4n) is 3.66. The molecular formula is C20H24N8. The van der Waals surface area contributed by atoms with Crippen LogP contribution in [0.3, 0.4) is 0 Å². The number of nitrogens with zero attached hydrogens (tertiary/aromatic N) is 5. The summed E-state index contributed by atoms with van der Waals surface area (Å²) in [5.74, 6) is 3.07. The lowest BCUT2D eigenvalue weighted by molar-refractivity contribution is 0.504.